The number of carbonyl (C=O) groups excluding carboxylic acids is 1. The van der Waals surface area contributed by atoms with Gasteiger partial charge in [-0.15, -0.1) is 0 Å². The van der Waals surface area contributed by atoms with E-state index < -0.39 is 28.6 Å². The van der Waals surface area contributed by atoms with Gasteiger partial charge in [0.05, 0.1) is 16.8 Å². The highest BCUT2D eigenvalue weighted by molar-refractivity contribution is 9.10. The minimum atomic E-state index is -1.00. The van der Waals surface area contributed by atoms with Crippen LogP contribution in [0, 0.1) is 22.0 Å². The standard InChI is InChI=1S/C13H13BrN2O5/c14-7-4-5-10(11(6-7)16(20)21)15-12(17)8-2-1-3-9(8)13(18)19/h4-6,8-9H,1-3H2,(H,15,17)(H,18,19). The molecule has 0 spiro atoms. The normalized spacial score (nSPS) is 21.0. The summed E-state index contributed by atoms with van der Waals surface area (Å²) in [6, 6.07) is 4.29. The molecule has 0 aliphatic heterocycles. The molecule has 2 unspecified atom stereocenters. The molecule has 21 heavy (non-hydrogen) atoms. The number of amides is 1. The summed E-state index contributed by atoms with van der Waals surface area (Å²) in [7, 11) is 0. The molecular weight excluding hydrogens is 344 g/mol. The fourth-order valence-electron chi connectivity index (χ4n) is 2.56. The monoisotopic (exact) mass is 356 g/mol. The van der Waals surface area contributed by atoms with Crippen molar-refractivity contribution in [2.24, 2.45) is 11.8 Å². The Balaban J connectivity index is 2.20. The van der Waals surface area contributed by atoms with Crippen LogP contribution in [0.4, 0.5) is 11.4 Å². The Labute approximate surface area is 128 Å². The van der Waals surface area contributed by atoms with E-state index in [2.05, 4.69) is 21.2 Å². The van der Waals surface area contributed by atoms with Crippen molar-refractivity contribution in [3.63, 3.8) is 0 Å². The van der Waals surface area contributed by atoms with Crippen molar-refractivity contribution in [1.29, 1.82) is 0 Å². The van der Waals surface area contributed by atoms with Crippen LogP contribution in [0.2, 0.25) is 0 Å². The fraction of sp³-hybridized carbons (Fsp3) is 0.385. The minimum Gasteiger partial charge on any atom is -0.481 e. The molecule has 1 fully saturated rings. The van der Waals surface area contributed by atoms with Gasteiger partial charge in [-0.3, -0.25) is 19.7 Å². The third-order valence-electron chi connectivity index (χ3n) is 3.58. The lowest BCUT2D eigenvalue weighted by molar-refractivity contribution is -0.384. The Morgan fingerprint density at radius 3 is 2.62 bits per heavy atom. The Morgan fingerprint density at radius 1 is 1.33 bits per heavy atom. The molecule has 1 aromatic rings. The van der Waals surface area contributed by atoms with Gasteiger partial charge < -0.3 is 10.4 Å². The van der Waals surface area contributed by atoms with E-state index in [0.29, 0.717) is 23.7 Å². The number of anilines is 1. The third kappa shape index (κ3) is 3.38. The zero-order valence-electron chi connectivity index (χ0n) is 10.9. The Morgan fingerprint density at radius 2 is 2.00 bits per heavy atom. The van der Waals surface area contributed by atoms with Crippen molar-refractivity contribution in [3.8, 4) is 0 Å². The van der Waals surface area contributed by atoms with Crippen molar-refractivity contribution in [2.45, 2.75) is 19.3 Å². The number of hydrogen-bond acceptors (Lipinski definition) is 4. The number of benzene rings is 1. The van der Waals surface area contributed by atoms with E-state index in [4.69, 9.17) is 5.11 Å². The summed E-state index contributed by atoms with van der Waals surface area (Å²) in [4.78, 5) is 33.7. The van der Waals surface area contributed by atoms with Crippen LogP contribution in [0.5, 0.6) is 0 Å². The summed E-state index contributed by atoms with van der Waals surface area (Å²) < 4.78 is 0.525. The third-order valence-corrected chi connectivity index (χ3v) is 4.08. The molecule has 112 valence electrons. The minimum absolute atomic E-state index is 0.0734. The SMILES string of the molecule is O=C(O)C1CCCC1C(=O)Nc1ccc(Br)cc1[N+](=O)[O-]. The maximum Gasteiger partial charge on any atom is 0.307 e. The number of nitro benzene ring substituents is 1. The van der Waals surface area contributed by atoms with Gasteiger partial charge in [-0.1, -0.05) is 22.4 Å². The molecule has 1 aliphatic rings. The van der Waals surface area contributed by atoms with Gasteiger partial charge in [-0.2, -0.15) is 0 Å². The van der Waals surface area contributed by atoms with Gasteiger partial charge >= 0.3 is 5.97 Å². The van der Waals surface area contributed by atoms with Crippen LogP contribution >= 0.6 is 15.9 Å². The summed E-state index contributed by atoms with van der Waals surface area (Å²) >= 11 is 3.13. The zero-order chi connectivity index (χ0) is 15.6. The summed E-state index contributed by atoms with van der Waals surface area (Å²) in [6.45, 7) is 0. The van der Waals surface area contributed by atoms with Gasteiger partial charge in [0, 0.05) is 10.5 Å². The zero-order valence-corrected chi connectivity index (χ0v) is 12.5. The average molecular weight is 357 g/mol. The molecule has 0 heterocycles. The number of carbonyl (C=O) groups is 2. The van der Waals surface area contributed by atoms with Crippen molar-refractivity contribution < 1.29 is 19.6 Å². The molecule has 2 rings (SSSR count). The number of carboxylic acids is 1. The molecule has 0 bridgehead atoms. The van der Waals surface area contributed by atoms with Crippen LogP contribution in [0.1, 0.15) is 19.3 Å². The van der Waals surface area contributed by atoms with E-state index >= 15 is 0 Å². The molecule has 0 aromatic heterocycles. The fourth-order valence-corrected chi connectivity index (χ4v) is 2.91. The van der Waals surface area contributed by atoms with E-state index in [-0.39, 0.29) is 11.4 Å². The molecule has 0 radical (unpaired) electrons. The number of rotatable bonds is 4. The van der Waals surface area contributed by atoms with Crippen LogP contribution in [0.3, 0.4) is 0 Å². The predicted octanol–water partition coefficient (Wildman–Crippen LogP) is 2.80. The lowest BCUT2D eigenvalue weighted by atomic mass is 9.95. The molecule has 7 nitrogen and oxygen atoms in total. The van der Waals surface area contributed by atoms with Gasteiger partial charge in [-0.25, -0.2) is 0 Å². The summed E-state index contributed by atoms with van der Waals surface area (Å²) in [5.41, 5.74) is -0.160. The molecule has 8 heteroatoms. The highest BCUT2D eigenvalue weighted by atomic mass is 79.9. The summed E-state index contributed by atoms with van der Waals surface area (Å²) in [5.74, 6) is -2.85. The molecule has 2 atom stereocenters. The predicted molar refractivity (Wildman–Crippen MR) is 77.9 cm³/mol. The Kier molecular flexibility index (Phi) is 4.56. The van der Waals surface area contributed by atoms with Crippen LogP contribution < -0.4 is 5.32 Å². The number of nitrogens with one attached hydrogen (secondary N) is 1. The van der Waals surface area contributed by atoms with Gasteiger partial charge in [0.25, 0.3) is 5.69 Å². The van der Waals surface area contributed by atoms with Crippen LogP contribution in [0.25, 0.3) is 0 Å². The van der Waals surface area contributed by atoms with Crippen LogP contribution in [-0.4, -0.2) is 21.9 Å². The lowest BCUT2D eigenvalue weighted by Crippen LogP contribution is -2.30. The molecule has 2 N–H and O–H groups in total. The quantitative estimate of drug-likeness (QED) is 0.636. The Hall–Kier alpha value is -1.96. The van der Waals surface area contributed by atoms with Gasteiger partial charge in [0.2, 0.25) is 5.91 Å². The first-order chi connectivity index (χ1) is 9.90. The molecule has 1 aliphatic carbocycles. The second-order valence-electron chi connectivity index (χ2n) is 4.89. The molecular formula is C13H13BrN2O5. The first-order valence-electron chi connectivity index (χ1n) is 6.37. The Bertz CT molecular complexity index is 604. The lowest BCUT2D eigenvalue weighted by Gasteiger charge is -2.15. The van der Waals surface area contributed by atoms with Crippen LogP contribution in [-0.2, 0) is 9.59 Å². The van der Waals surface area contributed by atoms with Gasteiger partial charge in [0.15, 0.2) is 0 Å². The number of halogens is 1. The highest BCUT2D eigenvalue weighted by Gasteiger charge is 2.38. The molecule has 0 saturated heterocycles. The topological polar surface area (TPSA) is 110 Å². The van der Waals surface area contributed by atoms with E-state index in [0.717, 1.165) is 0 Å². The van der Waals surface area contributed by atoms with Crippen molar-refractivity contribution in [1.82, 2.24) is 0 Å². The summed E-state index contributed by atoms with van der Waals surface area (Å²) in [6.07, 6.45) is 1.60. The maximum atomic E-state index is 12.2. The number of nitrogens with zero attached hydrogens (tertiary/aromatic N) is 1. The average Bonchev–Trinajstić information content (AvgIpc) is 2.90. The van der Waals surface area contributed by atoms with Crippen molar-refractivity contribution in [3.05, 3.63) is 32.8 Å². The van der Waals surface area contributed by atoms with Gasteiger partial charge in [-0.05, 0) is 25.0 Å². The second-order valence-corrected chi connectivity index (χ2v) is 5.81. The second kappa shape index (κ2) is 6.21. The summed E-state index contributed by atoms with van der Waals surface area (Å²) in [5, 5.41) is 22.6. The van der Waals surface area contributed by atoms with E-state index in [1.165, 1.54) is 12.1 Å². The molecule has 1 saturated carbocycles. The molecule has 1 amide bonds. The van der Waals surface area contributed by atoms with E-state index in [1.807, 2.05) is 0 Å². The first-order valence-corrected chi connectivity index (χ1v) is 7.17. The van der Waals surface area contributed by atoms with Crippen molar-refractivity contribution in [2.75, 3.05) is 5.32 Å². The molecule has 1 aromatic carbocycles. The van der Waals surface area contributed by atoms with Crippen LogP contribution in [0.15, 0.2) is 22.7 Å². The number of hydrogen-bond donors (Lipinski definition) is 2. The number of nitro groups is 1. The number of aliphatic carboxylic acids is 1. The van der Waals surface area contributed by atoms with Gasteiger partial charge in [0.1, 0.15) is 5.69 Å². The smallest absolute Gasteiger partial charge is 0.307 e. The van der Waals surface area contributed by atoms with E-state index in [1.54, 1.807) is 6.07 Å². The highest BCUT2D eigenvalue weighted by Crippen LogP contribution is 2.34. The first kappa shape index (κ1) is 15.4. The largest absolute Gasteiger partial charge is 0.481 e. The maximum absolute atomic E-state index is 12.2. The number of carboxylic acid groups (broad SMARTS) is 1. The van der Waals surface area contributed by atoms with Crippen molar-refractivity contribution >= 4 is 39.2 Å². The van der Waals surface area contributed by atoms with E-state index in [9.17, 15) is 19.7 Å².